The topological polar surface area (TPSA) is 77.9 Å². The number of ether oxygens (including phenoxy) is 3. The second-order valence-corrected chi connectivity index (χ2v) is 10.3. The first kappa shape index (κ1) is 43.1. The fourth-order valence-corrected chi connectivity index (χ4v) is 3.90. The molecule has 4 rings (SSSR count). The van der Waals surface area contributed by atoms with Crippen LogP contribution < -0.4 is 43.8 Å². The van der Waals surface area contributed by atoms with Crippen LogP contribution in [0.3, 0.4) is 0 Å². The summed E-state index contributed by atoms with van der Waals surface area (Å²) < 4.78 is 85.4. The Kier molecular flexibility index (Phi) is 24.2. The van der Waals surface area contributed by atoms with E-state index in [1.165, 1.54) is 23.8 Å². The van der Waals surface area contributed by atoms with Crippen LogP contribution in [-0.2, 0) is 11.9 Å². The smallest absolute Gasteiger partial charge is 0.870 e. The Morgan fingerprint density at radius 1 is 0.644 bits per heavy atom. The summed E-state index contributed by atoms with van der Waals surface area (Å²) in [5, 5.41) is 9.65. The molecule has 0 saturated carbocycles. The summed E-state index contributed by atoms with van der Waals surface area (Å²) >= 11 is 10.0. The number of phenols is 1. The molecular weight excluding hydrogens is 810 g/mol. The van der Waals surface area contributed by atoms with Gasteiger partial charge in [-0.15, -0.1) is 0 Å². The van der Waals surface area contributed by atoms with Crippen LogP contribution in [0.15, 0.2) is 81.7 Å². The van der Waals surface area contributed by atoms with Crippen LogP contribution in [0.25, 0.3) is 0 Å². The summed E-state index contributed by atoms with van der Waals surface area (Å²) in [6, 6.07) is 20.6. The van der Waals surface area contributed by atoms with Crippen molar-refractivity contribution >= 4 is 47.8 Å². The Balaban J connectivity index is 0. The predicted octanol–water partition coefficient (Wildman–Crippen LogP) is 7.53. The molecule has 0 amide bonds. The van der Waals surface area contributed by atoms with Gasteiger partial charge in [-0.25, -0.2) is 0 Å². The van der Waals surface area contributed by atoms with Crippen LogP contribution in [0.2, 0.25) is 0 Å². The normalized spacial score (nSPS) is 9.60. The first-order valence-electron chi connectivity index (χ1n) is 13.2. The minimum Gasteiger partial charge on any atom is -0.870 e. The van der Waals surface area contributed by atoms with Crippen LogP contribution in [0.4, 0.5) is 22.0 Å². The van der Waals surface area contributed by atoms with E-state index in [0.29, 0.717) is 0 Å². The minimum absolute atomic E-state index is 0. The number of halogens is 8. The number of alkyl halides is 2. The quantitative estimate of drug-likeness (QED) is 0.113. The Bertz CT molecular complexity index is 1410. The molecule has 0 aliphatic rings. The Labute approximate surface area is 308 Å². The van der Waals surface area contributed by atoms with Gasteiger partial charge in [-0.2, -0.15) is 17.6 Å². The Hall–Kier alpha value is -1.87. The number of hydrogen-bond acceptors (Lipinski definition) is 5. The SMILES string of the molecule is BrCc1ccc(Br)cc1.CCOc1ccc(O)c(F)c1F.CCOc1ccc(OCc2ccc(Br)cc2)c(F)c1F.[2H]CF.[Na+].[OH-]. The Morgan fingerprint density at radius 3 is 1.40 bits per heavy atom. The standard InChI is InChI=1S/C15H13BrF2O2.C8H8F2O2.C7H6Br2.CH3F.Na.H2O/c1-2-19-12-7-8-13(15(18)14(12)17)20-9-10-3-5-11(16)6-4-10;1-2-12-6-4-3-5(11)7(9)8(6)10;8-5-6-1-3-7(9)4-2-6;1-2;;/h3-8H,2,9H2,1H3;3-4,11H,2H2,1H3;1-4H,5H2;1H3;;1H2/q;;;;+1;/p-1/i;;;1D;;. The van der Waals surface area contributed by atoms with Gasteiger partial charge in [-0.3, -0.25) is 4.39 Å². The average Bonchev–Trinajstić information content (AvgIpc) is 3.02. The molecule has 0 fully saturated rings. The molecule has 5 nitrogen and oxygen atoms in total. The van der Waals surface area contributed by atoms with Crippen molar-refractivity contribution in [2.45, 2.75) is 25.8 Å². The van der Waals surface area contributed by atoms with Gasteiger partial charge in [0.15, 0.2) is 23.0 Å². The van der Waals surface area contributed by atoms with Crippen molar-refractivity contribution in [1.82, 2.24) is 0 Å². The first-order chi connectivity index (χ1) is 21.0. The summed E-state index contributed by atoms with van der Waals surface area (Å²) in [7, 11) is -1.00. The van der Waals surface area contributed by atoms with E-state index in [1.807, 2.05) is 36.4 Å². The summed E-state index contributed by atoms with van der Waals surface area (Å²) in [5.74, 6) is -5.63. The largest absolute Gasteiger partial charge is 1.00 e. The van der Waals surface area contributed by atoms with E-state index in [2.05, 4.69) is 59.9 Å². The van der Waals surface area contributed by atoms with Gasteiger partial charge in [-0.05, 0) is 73.5 Å². The summed E-state index contributed by atoms with van der Waals surface area (Å²) in [6.07, 6.45) is 0. The molecule has 0 aliphatic carbocycles. The number of aromatic hydroxyl groups is 1. The van der Waals surface area contributed by atoms with Crippen LogP contribution in [0.1, 0.15) is 26.3 Å². The van der Waals surface area contributed by atoms with Crippen molar-refractivity contribution in [3.05, 3.63) is 116 Å². The molecule has 0 spiro atoms. The maximum absolute atomic E-state index is 13.8. The zero-order chi connectivity index (χ0) is 33.1. The zero-order valence-electron chi connectivity index (χ0n) is 25.6. The average molecular weight is 842 g/mol. The molecule has 0 atom stereocenters. The molecule has 0 aromatic heterocycles. The fraction of sp³-hybridized carbons (Fsp3) is 0.226. The van der Waals surface area contributed by atoms with Crippen LogP contribution >= 0.6 is 47.8 Å². The van der Waals surface area contributed by atoms with Crippen molar-refractivity contribution in [3.8, 4) is 23.0 Å². The molecule has 0 saturated heterocycles. The third-order valence-electron chi connectivity index (χ3n) is 5.01. The minimum atomic E-state index is -1.28. The number of phenolic OH excluding ortho intramolecular Hbond substituents is 1. The van der Waals surface area contributed by atoms with E-state index in [9.17, 15) is 22.0 Å². The fourth-order valence-electron chi connectivity index (χ4n) is 3.00. The molecule has 2 N–H and O–H groups in total. The van der Waals surface area contributed by atoms with Gasteiger partial charge in [0, 0.05) is 14.3 Å². The van der Waals surface area contributed by atoms with Crippen molar-refractivity contribution < 1.29 is 77.7 Å². The summed E-state index contributed by atoms with van der Waals surface area (Å²) in [5.41, 5.74) is 2.17. The predicted molar refractivity (Wildman–Crippen MR) is 171 cm³/mol. The molecule has 4 aromatic carbocycles. The molecule has 0 bridgehead atoms. The van der Waals surface area contributed by atoms with Crippen LogP contribution in [0, 0.1) is 23.3 Å². The summed E-state index contributed by atoms with van der Waals surface area (Å²) in [4.78, 5) is 0. The van der Waals surface area contributed by atoms with Gasteiger partial charge in [0.2, 0.25) is 23.3 Å². The van der Waals surface area contributed by atoms with Crippen LogP contribution in [0.5, 0.6) is 23.0 Å². The molecule has 0 aliphatic heterocycles. The number of rotatable bonds is 8. The maximum Gasteiger partial charge on any atom is 1.00 e. The second-order valence-electron chi connectivity index (χ2n) is 7.94. The molecule has 14 heteroatoms. The van der Waals surface area contributed by atoms with Crippen molar-refractivity contribution in [2.24, 2.45) is 0 Å². The van der Waals surface area contributed by atoms with E-state index in [0.717, 1.165) is 25.9 Å². The molecule has 45 heavy (non-hydrogen) atoms. The number of benzene rings is 4. The first-order valence-corrected chi connectivity index (χ1v) is 15.2. The third kappa shape index (κ3) is 16.0. The van der Waals surface area contributed by atoms with Crippen molar-refractivity contribution in [1.29, 1.82) is 0 Å². The van der Waals surface area contributed by atoms with Crippen molar-refractivity contribution in [3.63, 3.8) is 0 Å². The summed E-state index contributed by atoms with van der Waals surface area (Å²) in [6.45, 7) is 4.05. The zero-order valence-corrected chi connectivity index (χ0v) is 31.4. The molecule has 0 heterocycles. The number of hydrogen-bond donors (Lipinski definition) is 1. The van der Waals surface area contributed by atoms with E-state index < -0.39 is 36.2 Å². The monoisotopic (exact) mass is 839 g/mol. The third-order valence-corrected chi connectivity index (χ3v) is 6.72. The van der Waals surface area contributed by atoms with Gasteiger partial charge < -0.3 is 24.8 Å². The molecule has 4 aromatic rings. The van der Waals surface area contributed by atoms with Gasteiger partial charge >= 0.3 is 29.6 Å². The van der Waals surface area contributed by atoms with Crippen LogP contribution in [-0.4, -0.2) is 31.0 Å². The van der Waals surface area contributed by atoms with Gasteiger partial charge in [0.05, 0.1) is 21.7 Å². The molecule has 0 radical (unpaired) electrons. The molecular formula is C31H31Br3F5NaO5. The van der Waals surface area contributed by atoms with Gasteiger partial charge in [0.25, 0.3) is 0 Å². The molecule has 0 unspecified atom stereocenters. The van der Waals surface area contributed by atoms with E-state index >= 15 is 0 Å². The van der Waals surface area contributed by atoms with Crippen molar-refractivity contribution in [2.75, 3.05) is 20.4 Å². The Morgan fingerprint density at radius 2 is 1.00 bits per heavy atom. The maximum atomic E-state index is 13.8. The second kappa shape index (κ2) is 25.2. The van der Waals surface area contributed by atoms with E-state index in [4.69, 9.17) is 20.7 Å². The van der Waals surface area contributed by atoms with Gasteiger partial charge in [0.1, 0.15) is 6.61 Å². The van der Waals surface area contributed by atoms with E-state index in [-0.39, 0.29) is 72.1 Å². The van der Waals surface area contributed by atoms with Gasteiger partial charge in [-0.1, -0.05) is 72.1 Å². The van der Waals surface area contributed by atoms with E-state index in [1.54, 1.807) is 13.8 Å². The molecule has 242 valence electrons.